The van der Waals surface area contributed by atoms with Crippen LogP contribution in [0.2, 0.25) is 0 Å². The second kappa shape index (κ2) is 4.12. The minimum atomic E-state index is -3.53. The molecule has 0 amide bonds. The van der Waals surface area contributed by atoms with Crippen molar-refractivity contribution in [2.75, 3.05) is 13.6 Å². The Bertz CT molecular complexity index is 362. The Morgan fingerprint density at radius 2 is 2.06 bits per heavy atom. The quantitative estimate of drug-likeness (QED) is 0.728. The summed E-state index contributed by atoms with van der Waals surface area (Å²) in [6.45, 7) is 0.541. The molecule has 1 atom stereocenters. The molecule has 0 heterocycles. The van der Waals surface area contributed by atoms with E-state index >= 15 is 0 Å². The minimum Gasteiger partial charge on any atom is -0.392 e. The fourth-order valence-corrected chi connectivity index (χ4v) is 3.81. The lowest BCUT2D eigenvalue weighted by molar-refractivity contribution is 0.112. The number of aliphatic hydroxyl groups is 1. The van der Waals surface area contributed by atoms with E-state index in [2.05, 4.69) is 4.90 Å². The van der Waals surface area contributed by atoms with Crippen LogP contribution in [0, 0.1) is 0 Å². The van der Waals surface area contributed by atoms with Crippen LogP contribution < -0.4 is 0 Å². The van der Waals surface area contributed by atoms with E-state index in [1.165, 1.54) is 12.8 Å². The van der Waals surface area contributed by atoms with Gasteiger partial charge in [-0.3, -0.25) is 0 Å². The van der Waals surface area contributed by atoms with E-state index in [0.29, 0.717) is 25.4 Å². The third-order valence-electron chi connectivity index (χ3n) is 3.60. The van der Waals surface area contributed by atoms with Crippen molar-refractivity contribution in [2.24, 2.45) is 0 Å². The first-order valence-corrected chi connectivity index (χ1v) is 7.97. The van der Waals surface area contributed by atoms with Crippen LogP contribution in [0.4, 0.5) is 0 Å². The molecular formula is C10H18ClNO3S. The van der Waals surface area contributed by atoms with Crippen molar-refractivity contribution < 1.29 is 13.5 Å². The maximum Gasteiger partial charge on any atom is 0.238 e. The molecule has 2 aliphatic carbocycles. The van der Waals surface area contributed by atoms with Gasteiger partial charge in [0.2, 0.25) is 9.05 Å². The van der Waals surface area contributed by atoms with E-state index in [9.17, 15) is 13.5 Å². The smallest absolute Gasteiger partial charge is 0.238 e. The highest BCUT2D eigenvalue weighted by atomic mass is 35.7. The standard InChI is InChI=1S/C10H18ClNO3S/c1-12(8-2-3-8)7-9(13)6-10(4-5-10)16(11,14)15/h8-9,13H,2-7H2,1H3. The minimum absolute atomic E-state index is 0.274. The van der Waals surface area contributed by atoms with Gasteiger partial charge in [0, 0.05) is 23.3 Å². The second-order valence-corrected chi connectivity index (χ2v) is 8.11. The summed E-state index contributed by atoms with van der Waals surface area (Å²) in [5.74, 6) is 0. The first-order chi connectivity index (χ1) is 7.34. The van der Waals surface area contributed by atoms with Gasteiger partial charge in [0.15, 0.2) is 0 Å². The van der Waals surface area contributed by atoms with Gasteiger partial charge in [0.1, 0.15) is 0 Å². The summed E-state index contributed by atoms with van der Waals surface area (Å²) in [5.41, 5.74) is 0. The number of aliphatic hydroxyl groups excluding tert-OH is 1. The molecule has 2 fully saturated rings. The molecule has 0 aromatic carbocycles. The zero-order chi connectivity index (χ0) is 12.0. The molecule has 0 bridgehead atoms. The summed E-state index contributed by atoms with van der Waals surface area (Å²) in [4.78, 5) is 2.10. The molecule has 94 valence electrons. The predicted octanol–water partition coefficient (Wildman–Crippen LogP) is 0.933. The third kappa shape index (κ3) is 2.70. The van der Waals surface area contributed by atoms with Crippen LogP contribution in [0.15, 0.2) is 0 Å². The van der Waals surface area contributed by atoms with Gasteiger partial charge >= 0.3 is 0 Å². The molecule has 0 radical (unpaired) electrons. The summed E-state index contributed by atoms with van der Waals surface area (Å²) < 4.78 is 21.8. The molecule has 2 aliphatic rings. The monoisotopic (exact) mass is 267 g/mol. The van der Waals surface area contributed by atoms with Crippen molar-refractivity contribution in [3.63, 3.8) is 0 Å². The zero-order valence-electron chi connectivity index (χ0n) is 9.39. The van der Waals surface area contributed by atoms with Gasteiger partial charge in [0.25, 0.3) is 0 Å². The van der Waals surface area contributed by atoms with Crippen LogP contribution in [0.1, 0.15) is 32.1 Å². The summed E-state index contributed by atoms with van der Waals surface area (Å²) in [5, 5.41) is 9.87. The van der Waals surface area contributed by atoms with Crippen molar-refractivity contribution >= 4 is 19.7 Å². The number of rotatable bonds is 6. The van der Waals surface area contributed by atoms with Crippen molar-refractivity contribution in [1.82, 2.24) is 4.90 Å². The van der Waals surface area contributed by atoms with Gasteiger partial charge in [-0.25, -0.2) is 8.42 Å². The number of likely N-dealkylation sites (N-methyl/N-ethyl adjacent to an activating group) is 1. The maximum absolute atomic E-state index is 11.3. The maximum atomic E-state index is 11.3. The first-order valence-electron chi connectivity index (χ1n) is 5.67. The zero-order valence-corrected chi connectivity index (χ0v) is 11.0. The van der Waals surface area contributed by atoms with Crippen LogP contribution >= 0.6 is 10.7 Å². The molecule has 4 nitrogen and oxygen atoms in total. The Labute approximate surface area is 101 Å². The molecule has 0 spiro atoms. The van der Waals surface area contributed by atoms with Gasteiger partial charge in [0.05, 0.1) is 10.9 Å². The highest BCUT2D eigenvalue weighted by molar-refractivity contribution is 8.15. The van der Waals surface area contributed by atoms with Gasteiger partial charge in [-0.2, -0.15) is 0 Å². The summed E-state index contributed by atoms with van der Waals surface area (Å²) in [7, 11) is 3.83. The molecule has 6 heteroatoms. The van der Waals surface area contributed by atoms with E-state index in [0.717, 1.165) is 0 Å². The predicted molar refractivity (Wildman–Crippen MR) is 63.0 cm³/mol. The highest BCUT2D eigenvalue weighted by Crippen LogP contribution is 2.49. The van der Waals surface area contributed by atoms with Crippen LogP contribution in [0.25, 0.3) is 0 Å². The summed E-state index contributed by atoms with van der Waals surface area (Å²) in [6.07, 6.45) is 3.22. The Hall–Kier alpha value is 0.160. The average molecular weight is 268 g/mol. The van der Waals surface area contributed by atoms with E-state index in [1.54, 1.807) is 0 Å². The molecule has 1 unspecified atom stereocenters. The molecule has 1 N–H and O–H groups in total. The number of hydrogen-bond donors (Lipinski definition) is 1. The van der Waals surface area contributed by atoms with E-state index in [4.69, 9.17) is 10.7 Å². The Kier molecular flexibility index (Phi) is 3.25. The lowest BCUT2D eigenvalue weighted by Gasteiger charge is -2.22. The SMILES string of the molecule is CN(CC(O)CC1(S(=O)(=O)Cl)CC1)C1CC1. The Morgan fingerprint density at radius 3 is 2.44 bits per heavy atom. The lowest BCUT2D eigenvalue weighted by atomic mass is 10.1. The molecule has 0 aliphatic heterocycles. The largest absolute Gasteiger partial charge is 0.392 e. The van der Waals surface area contributed by atoms with Crippen LogP contribution in [0.3, 0.4) is 0 Å². The van der Waals surface area contributed by atoms with Gasteiger partial charge < -0.3 is 10.0 Å². The van der Waals surface area contributed by atoms with Crippen molar-refractivity contribution in [1.29, 1.82) is 0 Å². The second-order valence-electron chi connectivity index (χ2n) is 5.15. The number of hydrogen-bond acceptors (Lipinski definition) is 4. The van der Waals surface area contributed by atoms with Crippen molar-refractivity contribution in [3.05, 3.63) is 0 Å². The molecule has 0 saturated heterocycles. The molecule has 16 heavy (non-hydrogen) atoms. The molecular weight excluding hydrogens is 250 g/mol. The fraction of sp³-hybridized carbons (Fsp3) is 1.00. The fourth-order valence-electron chi connectivity index (χ4n) is 2.18. The number of nitrogens with zero attached hydrogens (tertiary/aromatic N) is 1. The van der Waals surface area contributed by atoms with Gasteiger partial charge in [-0.1, -0.05) is 0 Å². The number of halogens is 1. The van der Waals surface area contributed by atoms with Gasteiger partial charge in [-0.15, -0.1) is 0 Å². The Morgan fingerprint density at radius 1 is 1.50 bits per heavy atom. The van der Waals surface area contributed by atoms with E-state index in [-0.39, 0.29) is 6.42 Å². The molecule has 2 saturated carbocycles. The van der Waals surface area contributed by atoms with Crippen LogP contribution in [-0.4, -0.2) is 48.9 Å². The topological polar surface area (TPSA) is 57.6 Å². The molecule has 2 rings (SSSR count). The van der Waals surface area contributed by atoms with Crippen LogP contribution in [-0.2, 0) is 9.05 Å². The van der Waals surface area contributed by atoms with Crippen molar-refractivity contribution in [3.8, 4) is 0 Å². The third-order valence-corrected chi connectivity index (χ3v) is 6.19. The van der Waals surface area contributed by atoms with E-state index < -0.39 is 19.9 Å². The average Bonchev–Trinajstić information content (AvgIpc) is 2.97. The van der Waals surface area contributed by atoms with Gasteiger partial charge in [-0.05, 0) is 39.2 Å². The van der Waals surface area contributed by atoms with Crippen LogP contribution in [0.5, 0.6) is 0 Å². The summed E-state index contributed by atoms with van der Waals surface area (Å²) in [6, 6.07) is 0.581. The Balaban J connectivity index is 1.85. The lowest BCUT2D eigenvalue weighted by Crippen LogP contribution is -2.35. The normalized spacial score (nSPS) is 25.8. The van der Waals surface area contributed by atoms with E-state index in [1.807, 2.05) is 7.05 Å². The molecule has 0 aromatic rings. The first kappa shape index (κ1) is 12.6. The molecule has 0 aromatic heterocycles. The summed E-state index contributed by atoms with van der Waals surface area (Å²) >= 11 is 0. The highest BCUT2D eigenvalue weighted by Gasteiger charge is 2.54. The van der Waals surface area contributed by atoms with Crippen molar-refractivity contribution in [2.45, 2.75) is 49.0 Å².